The minimum absolute atomic E-state index is 0.0591. The summed E-state index contributed by atoms with van der Waals surface area (Å²) in [6.45, 7) is 0.926. The lowest BCUT2D eigenvalue weighted by Gasteiger charge is -2.34. The zero-order chi connectivity index (χ0) is 13.8. The fourth-order valence-electron chi connectivity index (χ4n) is 2.97. The Morgan fingerprint density at radius 3 is 2.25 bits per heavy atom. The molecule has 1 aliphatic rings. The van der Waals surface area contributed by atoms with E-state index in [1.165, 1.54) is 36.0 Å². The summed E-state index contributed by atoms with van der Waals surface area (Å²) >= 11 is 0. The van der Waals surface area contributed by atoms with Gasteiger partial charge in [0.25, 0.3) is 0 Å². The van der Waals surface area contributed by atoms with E-state index in [2.05, 4.69) is 54.6 Å². The maximum absolute atomic E-state index is 6.07. The Morgan fingerprint density at radius 2 is 1.60 bits per heavy atom. The van der Waals surface area contributed by atoms with Crippen LogP contribution in [0.4, 0.5) is 0 Å². The molecule has 20 heavy (non-hydrogen) atoms. The van der Waals surface area contributed by atoms with Gasteiger partial charge in [-0.25, -0.2) is 0 Å². The molecule has 1 fully saturated rings. The lowest BCUT2D eigenvalue weighted by Crippen LogP contribution is -2.33. The zero-order valence-corrected chi connectivity index (χ0v) is 14.1. The molecule has 0 N–H and O–H groups in total. The Morgan fingerprint density at radius 1 is 0.900 bits per heavy atom. The van der Waals surface area contributed by atoms with Gasteiger partial charge in [-0.1, -0.05) is 54.6 Å². The van der Waals surface area contributed by atoms with E-state index in [4.69, 9.17) is 4.74 Å². The second kappa shape index (κ2) is 5.94. The Bertz CT molecular complexity index is 541. The van der Waals surface area contributed by atoms with Gasteiger partial charge in [0.15, 0.2) is 0 Å². The van der Waals surface area contributed by atoms with Crippen LogP contribution in [0.3, 0.4) is 0 Å². The van der Waals surface area contributed by atoms with Crippen LogP contribution in [0.25, 0.3) is 0 Å². The molecule has 1 nitrogen and oxygen atoms in total. The van der Waals surface area contributed by atoms with E-state index >= 15 is 0 Å². The third-order valence-electron chi connectivity index (χ3n) is 4.28. The summed E-state index contributed by atoms with van der Waals surface area (Å²) < 4.78 is 6.07. The summed E-state index contributed by atoms with van der Waals surface area (Å²) in [5.41, 5.74) is 4.12. The van der Waals surface area contributed by atoms with Gasteiger partial charge in [0.2, 0.25) is 0 Å². The third-order valence-corrected chi connectivity index (χ3v) is 5.65. The summed E-state index contributed by atoms with van der Waals surface area (Å²) in [7, 11) is 1.07. The van der Waals surface area contributed by atoms with Crippen molar-refractivity contribution in [3.63, 3.8) is 0 Å². The molecule has 1 saturated heterocycles. The first-order chi connectivity index (χ1) is 9.76. The molecule has 1 heterocycles. The van der Waals surface area contributed by atoms with Crippen LogP contribution >= 0.6 is 0 Å². The van der Waals surface area contributed by atoms with Gasteiger partial charge < -0.3 is 4.74 Å². The second-order valence-corrected chi connectivity index (χ2v) is 7.51. The molecule has 104 valence electrons. The van der Waals surface area contributed by atoms with Crippen LogP contribution in [0.2, 0.25) is 0 Å². The van der Waals surface area contributed by atoms with Crippen LogP contribution in [-0.2, 0) is 16.4 Å². The number of rotatable bonds is 3. The zero-order valence-electron chi connectivity index (χ0n) is 12.1. The predicted octanol–water partition coefficient (Wildman–Crippen LogP) is 3.00. The van der Waals surface area contributed by atoms with Crippen LogP contribution in [0.15, 0.2) is 54.6 Å². The van der Waals surface area contributed by atoms with Crippen molar-refractivity contribution in [3.05, 3.63) is 71.3 Å². The highest BCUT2D eigenvalue weighted by molar-refractivity contribution is 6.14. The maximum atomic E-state index is 6.07. The molecule has 0 spiro atoms. The molecule has 0 aromatic heterocycles. The predicted molar refractivity (Wildman–Crippen MR) is 87.1 cm³/mol. The van der Waals surface area contributed by atoms with Crippen LogP contribution in [0, 0.1) is 0 Å². The fraction of sp³-hybridized carbons (Fsp3) is 0.333. The molecule has 0 saturated carbocycles. The van der Waals surface area contributed by atoms with Gasteiger partial charge in [0.05, 0.1) is 5.22 Å². The van der Waals surface area contributed by atoms with Crippen LogP contribution in [0.1, 0.15) is 36.0 Å². The Hall–Kier alpha value is -1.38. The molecule has 1 unspecified atom stereocenters. The number of ether oxygens (including phenoxy) is 1. The quantitative estimate of drug-likeness (QED) is 0.786. The van der Waals surface area contributed by atoms with Gasteiger partial charge in [0, 0.05) is 16.8 Å². The normalized spacial score (nSPS) is 22.8. The molecule has 1 atom stereocenters. The van der Waals surface area contributed by atoms with Gasteiger partial charge in [-0.05, 0) is 42.4 Å². The van der Waals surface area contributed by atoms with Crippen molar-refractivity contribution in [1.82, 2.24) is 0 Å². The first-order valence-electron chi connectivity index (χ1n) is 7.54. The summed E-state index contributed by atoms with van der Waals surface area (Å²) in [5.74, 6) is 0. The van der Waals surface area contributed by atoms with Gasteiger partial charge in [-0.15, -0.1) is 0 Å². The molecule has 1 aliphatic heterocycles. The number of benzene rings is 2. The lowest BCUT2D eigenvalue weighted by molar-refractivity contribution is -0.0210. The van der Waals surface area contributed by atoms with Crippen molar-refractivity contribution in [2.24, 2.45) is 0 Å². The standard InChI is InChI=1S/C18H22OSi/c20-18(12-4-5-13-19-18)17-10-8-16(9-11-17)14-15-6-2-1-3-7-15/h1-3,6-11H,4-5,12-14H2,20H3. The highest BCUT2D eigenvalue weighted by Crippen LogP contribution is 2.32. The van der Waals surface area contributed by atoms with Gasteiger partial charge in [-0.2, -0.15) is 0 Å². The molecule has 0 bridgehead atoms. The Labute approximate surface area is 124 Å². The van der Waals surface area contributed by atoms with E-state index in [-0.39, 0.29) is 5.22 Å². The van der Waals surface area contributed by atoms with Crippen molar-refractivity contribution >= 4 is 10.2 Å². The molecule has 0 aliphatic carbocycles. The van der Waals surface area contributed by atoms with E-state index < -0.39 is 0 Å². The molecule has 2 aromatic rings. The van der Waals surface area contributed by atoms with E-state index in [0.29, 0.717) is 0 Å². The Kier molecular flexibility index (Phi) is 4.04. The second-order valence-electron chi connectivity index (χ2n) is 5.90. The minimum Gasteiger partial charge on any atom is -0.375 e. The van der Waals surface area contributed by atoms with Crippen molar-refractivity contribution in [2.45, 2.75) is 30.9 Å². The van der Waals surface area contributed by atoms with E-state index in [0.717, 1.165) is 23.3 Å². The van der Waals surface area contributed by atoms with Crippen molar-refractivity contribution in [2.75, 3.05) is 6.61 Å². The highest BCUT2D eigenvalue weighted by atomic mass is 28.1. The summed E-state index contributed by atoms with van der Waals surface area (Å²) in [4.78, 5) is 0. The molecule has 2 heteroatoms. The topological polar surface area (TPSA) is 9.23 Å². The third kappa shape index (κ3) is 3.02. The average molecular weight is 282 g/mol. The Balaban J connectivity index is 1.74. The molecule has 3 rings (SSSR count). The van der Waals surface area contributed by atoms with Gasteiger partial charge in [0.1, 0.15) is 0 Å². The summed E-state index contributed by atoms with van der Waals surface area (Å²) in [5, 5.41) is 0.0591. The maximum Gasteiger partial charge on any atom is 0.0723 e. The first kappa shape index (κ1) is 13.6. The molecule has 0 radical (unpaired) electrons. The van der Waals surface area contributed by atoms with Crippen LogP contribution in [-0.4, -0.2) is 16.8 Å². The molecular formula is C18H22OSi. The molecule has 2 aromatic carbocycles. The lowest BCUT2D eigenvalue weighted by atomic mass is 9.97. The van der Waals surface area contributed by atoms with Gasteiger partial charge in [-0.3, -0.25) is 0 Å². The van der Waals surface area contributed by atoms with Crippen molar-refractivity contribution in [1.29, 1.82) is 0 Å². The average Bonchev–Trinajstić information content (AvgIpc) is 2.50. The van der Waals surface area contributed by atoms with E-state index in [9.17, 15) is 0 Å². The summed E-state index contributed by atoms with van der Waals surface area (Å²) in [6.07, 6.45) is 4.72. The minimum atomic E-state index is 0.0591. The summed E-state index contributed by atoms with van der Waals surface area (Å²) in [6, 6.07) is 19.7. The number of hydrogen-bond acceptors (Lipinski definition) is 1. The molecular weight excluding hydrogens is 260 g/mol. The number of hydrogen-bond donors (Lipinski definition) is 0. The van der Waals surface area contributed by atoms with Crippen LogP contribution < -0.4 is 0 Å². The highest BCUT2D eigenvalue weighted by Gasteiger charge is 2.29. The monoisotopic (exact) mass is 282 g/mol. The SMILES string of the molecule is [SiH3]C1(c2ccc(Cc3ccccc3)cc2)CCCCO1. The van der Waals surface area contributed by atoms with Crippen molar-refractivity contribution in [3.8, 4) is 0 Å². The van der Waals surface area contributed by atoms with Crippen molar-refractivity contribution < 1.29 is 4.74 Å². The molecule has 0 amide bonds. The van der Waals surface area contributed by atoms with E-state index in [1.54, 1.807) is 0 Å². The smallest absolute Gasteiger partial charge is 0.0723 e. The first-order valence-corrected chi connectivity index (χ1v) is 8.54. The van der Waals surface area contributed by atoms with Gasteiger partial charge >= 0.3 is 0 Å². The van der Waals surface area contributed by atoms with Crippen LogP contribution in [0.5, 0.6) is 0 Å². The fourth-order valence-corrected chi connectivity index (χ4v) is 3.86. The largest absolute Gasteiger partial charge is 0.375 e. The van der Waals surface area contributed by atoms with E-state index in [1.807, 2.05) is 0 Å².